The largest absolute Gasteiger partial charge is 0.393 e. The van der Waals surface area contributed by atoms with Gasteiger partial charge in [0.2, 0.25) is 0 Å². The van der Waals surface area contributed by atoms with Crippen LogP contribution in [0.2, 0.25) is 0 Å². The Morgan fingerprint density at radius 3 is 0.694 bits per heavy atom. The van der Waals surface area contributed by atoms with E-state index in [9.17, 15) is 9.59 Å². The molecule has 0 heterocycles. The summed E-state index contributed by atoms with van der Waals surface area (Å²) in [6.07, 6.45) is 40.0. The van der Waals surface area contributed by atoms with Crippen LogP contribution in [-0.4, -0.2) is 61.0 Å². The lowest BCUT2D eigenvalue weighted by atomic mass is 10.0. The van der Waals surface area contributed by atoms with Crippen molar-refractivity contribution in [3.05, 3.63) is 0 Å². The van der Waals surface area contributed by atoms with Gasteiger partial charge >= 0.3 is 11.9 Å². The summed E-state index contributed by atoms with van der Waals surface area (Å²) in [6.45, 7) is 16.4. The highest BCUT2D eigenvalue weighted by atomic mass is 16.6. The SMILES string of the molecule is CCN(CC)CCCCCCCCCCCCCCCCCC(=O)OC(=O)CCCCCCCCCCCCCCCCCN(CC)CC. The molecule has 0 spiro atoms. The molecule has 0 radical (unpaired) electrons. The zero-order valence-electron chi connectivity index (χ0n) is 34.0. The lowest BCUT2D eigenvalue weighted by Gasteiger charge is -2.17. The fourth-order valence-corrected chi connectivity index (χ4v) is 7.11. The van der Waals surface area contributed by atoms with Gasteiger partial charge in [-0.3, -0.25) is 9.59 Å². The van der Waals surface area contributed by atoms with E-state index >= 15 is 0 Å². The van der Waals surface area contributed by atoms with Crippen LogP contribution in [0.5, 0.6) is 0 Å². The molecule has 0 aliphatic rings. The molecule has 0 unspecified atom stereocenters. The topological polar surface area (TPSA) is 49.9 Å². The van der Waals surface area contributed by atoms with Crippen LogP contribution in [-0.2, 0) is 14.3 Å². The molecule has 0 bridgehead atoms. The summed E-state index contributed by atoms with van der Waals surface area (Å²) < 4.78 is 5.05. The van der Waals surface area contributed by atoms with Crippen molar-refractivity contribution in [3.63, 3.8) is 0 Å². The fraction of sp³-hybridized carbons (Fsp3) is 0.955. The number of nitrogens with zero attached hydrogens (tertiary/aromatic N) is 2. The van der Waals surface area contributed by atoms with E-state index < -0.39 is 0 Å². The van der Waals surface area contributed by atoms with Crippen LogP contribution in [0.3, 0.4) is 0 Å². The van der Waals surface area contributed by atoms with Crippen LogP contribution in [0, 0.1) is 0 Å². The lowest BCUT2D eigenvalue weighted by molar-refractivity contribution is -0.159. The van der Waals surface area contributed by atoms with Crippen molar-refractivity contribution >= 4 is 11.9 Å². The van der Waals surface area contributed by atoms with E-state index in [1.165, 1.54) is 206 Å². The van der Waals surface area contributed by atoms with Gasteiger partial charge in [-0.1, -0.05) is 195 Å². The van der Waals surface area contributed by atoms with Crippen LogP contribution in [0.15, 0.2) is 0 Å². The number of rotatable bonds is 40. The fourth-order valence-electron chi connectivity index (χ4n) is 7.11. The molecule has 0 aromatic rings. The molecule has 0 rings (SSSR count). The molecule has 5 nitrogen and oxygen atoms in total. The van der Waals surface area contributed by atoms with Gasteiger partial charge in [-0.05, 0) is 65.0 Å². The molecule has 0 aromatic heterocycles. The van der Waals surface area contributed by atoms with E-state index in [4.69, 9.17) is 4.74 Å². The molecule has 0 fully saturated rings. The van der Waals surface area contributed by atoms with Crippen molar-refractivity contribution in [1.82, 2.24) is 9.80 Å². The van der Waals surface area contributed by atoms with Crippen LogP contribution in [0.4, 0.5) is 0 Å². The predicted octanol–water partition coefficient (Wildman–Crippen LogP) is 13.2. The maximum Gasteiger partial charge on any atom is 0.313 e. The summed E-state index contributed by atoms with van der Waals surface area (Å²) in [7, 11) is 0. The van der Waals surface area contributed by atoms with Gasteiger partial charge in [0, 0.05) is 12.8 Å². The third-order valence-electron chi connectivity index (χ3n) is 10.7. The highest BCUT2D eigenvalue weighted by Gasteiger charge is 2.10. The Morgan fingerprint density at radius 2 is 0.490 bits per heavy atom. The first kappa shape index (κ1) is 48.1. The first-order valence-electron chi connectivity index (χ1n) is 22.2. The van der Waals surface area contributed by atoms with Crippen molar-refractivity contribution < 1.29 is 14.3 Å². The second-order valence-electron chi connectivity index (χ2n) is 15.0. The monoisotopic (exact) mass is 693 g/mol. The van der Waals surface area contributed by atoms with Crippen molar-refractivity contribution in [2.24, 2.45) is 0 Å². The highest BCUT2D eigenvalue weighted by molar-refractivity contribution is 5.85. The number of esters is 2. The average Bonchev–Trinajstić information content (AvgIpc) is 3.10. The van der Waals surface area contributed by atoms with Crippen LogP contribution in [0.1, 0.15) is 233 Å². The van der Waals surface area contributed by atoms with E-state index in [0.29, 0.717) is 12.8 Å². The maximum atomic E-state index is 12.0. The molecule has 5 heteroatoms. The van der Waals surface area contributed by atoms with Gasteiger partial charge in [-0.15, -0.1) is 0 Å². The van der Waals surface area contributed by atoms with Gasteiger partial charge in [-0.2, -0.15) is 0 Å². The molecule has 0 aromatic carbocycles. The van der Waals surface area contributed by atoms with Crippen molar-refractivity contribution in [2.75, 3.05) is 39.3 Å². The van der Waals surface area contributed by atoms with E-state index in [-0.39, 0.29) is 11.9 Å². The van der Waals surface area contributed by atoms with Gasteiger partial charge in [-0.25, -0.2) is 0 Å². The minimum Gasteiger partial charge on any atom is -0.393 e. The van der Waals surface area contributed by atoms with Gasteiger partial charge < -0.3 is 14.5 Å². The molecule has 0 amide bonds. The molecule has 292 valence electrons. The quantitative estimate of drug-likeness (QED) is 0.0363. The molecule has 0 saturated carbocycles. The number of hydrogen-bond donors (Lipinski definition) is 0. The first-order valence-corrected chi connectivity index (χ1v) is 22.2. The number of ether oxygens (including phenoxy) is 1. The molecule has 0 N–H and O–H groups in total. The van der Waals surface area contributed by atoms with Gasteiger partial charge in [0.15, 0.2) is 0 Å². The van der Waals surface area contributed by atoms with Crippen LogP contribution < -0.4 is 0 Å². The Bertz CT molecular complexity index is 621. The summed E-state index contributed by atoms with van der Waals surface area (Å²) in [6, 6.07) is 0. The van der Waals surface area contributed by atoms with Crippen molar-refractivity contribution in [1.29, 1.82) is 0 Å². The minimum absolute atomic E-state index is 0.324. The molecule has 49 heavy (non-hydrogen) atoms. The number of unbranched alkanes of at least 4 members (excludes halogenated alkanes) is 28. The second-order valence-corrected chi connectivity index (χ2v) is 15.0. The molecule has 0 atom stereocenters. The van der Waals surface area contributed by atoms with E-state index in [1.54, 1.807) is 0 Å². The Balaban J connectivity index is 3.30. The van der Waals surface area contributed by atoms with Crippen LogP contribution in [0.25, 0.3) is 0 Å². The second kappa shape index (κ2) is 39.8. The van der Waals surface area contributed by atoms with Gasteiger partial charge in [0.05, 0.1) is 0 Å². The third kappa shape index (κ3) is 36.6. The van der Waals surface area contributed by atoms with E-state index in [2.05, 4.69) is 37.5 Å². The summed E-state index contributed by atoms with van der Waals surface area (Å²) >= 11 is 0. The maximum absolute atomic E-state index is 12.0. The van der Waals surface area contributed by atoms with Crippen molar-refractivity contribution in [3.8, 4) is 0 Å². The standard InChI is InChI=1S/C44H88N2O3/c1-5-45(6-2)41-37-33-29-25-21-17-13-9-11-15-19-23-27-31-35-39-43(47)49-44(48)40-36-32-28-24-20-16-12-10-14-18-22-26-30-34-38-42-46(7-3)8-4/h5-42H2,1-4H3. The van der Waals surface area contributed by atoms with Crippen molar-refractivity contribution in [2.45, 2.75) is 233 Å². The summed E-state index contributed by atoms with van der Waals surface area (Å²) in [4.78, 5) is 29.1. The normalized spacial score (nSPS) is 11.6. The minimum atomic E-state index is -0.324. The highest BCUT2D eigenvalue weighted by Crippen LogP contribution is 2.16. The Hall–Kier alpha value is -0.940. The smallest absolute Gasteiger partial charge is 0.313 e. The number of carbonyl (C=O) groups is 2. The predicted molar refractivity (Wildman–Crippen MR) is 214 cm³/mol. The lowest BCUT2D eigenvalue weighted by Crippen LogP contribution is -2.23. The number of carbonyl (C=O) groups excluding carboxylic acids is 2. The third-order valence-corrected chi connectivity index (χ3v) is 10.7. The van der Waals surface area contributed by atoms with Gasteiger partial charge in [0.1, 0.15) is 0 Å². The van der Waals surface area contributed by atoms with Gasteiger partial charge in [0.25, 0.3) is 0 Å². The average molecular weight is 693 g/mol. The Kier molecular flexibility index (Phi) is 39.1. The Morgan fingerprint density at radius 1 is 0.306 bits per heavy atom. The zero-order valence-corrected chi connectivity index (χ0v) is 34.0. The molecular weight excluding hydrogens is 604 g/mol. The van der Waals surface area contributed by atoms with E-state index in [1.807, 2.05) is 0 Å². The summed E-state index contributed by atoms with van der Waals surface area (Å²) in [5.41, 5.74) is 0. The molecular formula is C44H88N2O3. The summed E-state index contributed by atoms with van der Waals surface area (Å²) in [5.74, 6) is -0.647. The first-order chi connectivity index (χ1) is 24.1. The van der Waals surface area contributed by atoms with Crippen LogP contribution >= 0.6 is 0 Å². The molecule has 0 aliphatic carbocycles. The number of hydrogen-bond acceptors (Lipinski definition) is 5. The Labute approximate surface area is 307 Å². The summed E-state index contributed by atoms with van der Waals surface area (Å²) in [5, 5.41) is 0. The molecule has 0 saturated heterocycles. The zero-order chi connectivity index (χ0) is 35.9. The molecule has 0 aliphatic heterocycles. The van der Waals surface area contributed by atoms with E-state index in [0.717, 1.165) is 25.7 Å².